The zero-order chi connectivity index (χ0) is 11.0. The van der Waals surface area contributed by atoms with Crippen molar-refractivity contribution in [3.63, 3.8) is 0 Å². The summed E-state index contributed by atoms with van der Waals surface area (Å²) in [6, 6.07) is 4.77. The van der Waals surface area contributed by atoms with Gasteiger partial charge in [-0.2, -0.15) is 0 Å². The molecule has 0 unspecified atom stereocenters. The molecule has 0 aliphatic heterocycles. The Hall–Kier alpha value is -1.90. The number of aromatic amines is 1. The largest absolute Gasteiger partial charge is 0.328 e. The number of pyridine rings is 1. The van der Waals surface area contributed by atoms with Crippen LogP contribution in [-0.2, 0) is 0 Å². The molecule has 2 rings (SSSR count). The average molecular weight is 203 g/mol. The molecule has 0 spiro atoms. The van der Waals surface area contributed by atoms with Gasteiger partial charge in [-0.15, -0.1) is 0 Å². The van der Waals surface area contributed by atoms with Crippen LogP contribution in [0.1, 0.15) is 12.5 Å². The van der Waals surface area contributed by atoms with Crippen LogP contribution in [0.4, 0.5) is 4.39 Å². The van der Waals surface area contributed by atoms with Gasteiger partial charge in [-0.05, 0) is 36.1 Å². The van der Waals surface area contributed by atoms with E-state index in [0.29, 0.717) is 10.9 Å². The van der Waals surface area contributed by atoms with Crippen molar-refractivity contribution in [2.75, 3.05) is 0 Å². The number of aromatic nitrogens is 1. The van der Waals surface area contributed by atoms with Crippen LogP contribution in [0.25, 0.3) is 16.3 Å². The zero-order valence-electron chi connectivity index (χ0n) is 8.30. The van der Waals surface area contributed by atoms with E-state index in [1.165, 1.54) is 12.3 Å². The maximum Gasteiger partial charge on any atom is 0.258 e. The number of H-pyrrole nitrogens is 1. The second kappa shape index (κ2) is 3.35. The van der Waals surface area contributed by atoms with Gasteiger partial charge < -0.3 is 4.98 Å². The molecule has 0 radical (unpaired) electrons. The Morgan fingerprint density at radius 3 is 2.87 bits per heavy atom. The minimum absolute atomic E-state index is 0.0995. The Bertz CT molecular complexity index is 598. The number of fused-ring (bicyclic) bond motifs is 1. The van der Waals surface area contributed by atoms with Crippen molar-refractivity contribution in [2.24, 2.45) is 0 Å². The molecule has 0 saturated heterocycles. The summed E-state index contributed by atoms with van der Waals surface area (Å²) in [4.78, 5) is 13.8. The summed E-state index contributed by atoms with van der Waals surface area (Å²) >= 11 is 0. The van der Waals surface area contributed by atoms with E-state index in [1.54, 1.807) is 19.1 Å². The molecule has 2 nitrogen and oxygen atoms in total. The summed E-state index contributed by atoms with van der Waals surface area (Å²) < 4.78 is 13.6. The molecule has 15 heavy (non-hydrogen) atoms. The molecule has 0 fully saturated rings. The summed E-state index contributed by atoms with van der Waals surface area (Å²) in [6.07, 6.45) is 1.51. The lowest BCUT2D eigenvalue weighted by Crippen LogP contribution is -2.06. The fourth-order valence-electron chi connectivity index (χ4n) is 1.52. The minimum Gasteiger partial charge on any atom is -0.328 e. The van der Waals surface area contributed by atoms with E-state index in [0.717, 1.165) is 5.57 Å². The molecular weight excluding hydrogens is 193 g/mol. The molecule has 2 aromatic rings. The summed E-state index contributed by atoms with van der Waals surface area (Å²) in [5, 5.41) is 0.694. The van der Waals surface area contributed by atoms with Gasteiger partial charge in [0.05, 0.1) is 5.39 Å². The van der Waals surface area contributed by atoms with E-state index >= 15 is 0 Å². The van der Waals surface area contributed by atoms with Crippen LogP contribution in [0, 0.1) is 5.82 Å². The van der Waals surface area contributed by atoms with Gasteiger partial charge in [0.2, 0.25) is 0 Å². The number of hydrogen-bond acceptors (Lipinski definition) is 1. The predicted molar refractivity (Wildman–Crippen MR) is 59.2 cm³/mol. The first-order valence-electron chi connectivity index (χ1n) is 4.56. The van der Waals surface area contributed by atoms with E-state index in [2.05, 4.69) is 11.6 Å². The molecule has 0 amide bonds. The number of hydrogen-bond donors (Lipinski definition) is 1. The Morgan fingerprint density at radius 2 is 2.20 bits per heavy atom. The number of rotatable bonds is 1. The lowest BCUT2D eigenvalue weighted by atomic mass is 10.0. The molecule has 0 saturated carbocycles. The molecule has 0 atom stereocenters. The van der Waals surface area contributed by atoms with Gasteiger partial charge in [-0.25, -0.2) is 4.39 Å². The maximum atomic E-state index is 13.6. The molecule has 0 aliphatic rings. The highest BCUT2D eigenvalue weighted by atomic mass is 19.1. The van der Waals surface area contributed by atoms with Crippen LogP contribution >= 0.6 is 0 Å². The van der Waals surface area contributed by atoms with E-state index in [-0.39, 0.29) is 5.39 Å². The second-order valence-corrected chi connectivity index (χ2v) is 3.51. The lowest BCUT2D eigenvalue weighted by molar-refractivity contribution is 0.638. The van der Waals surface area contributed by atoms with Crippen LogP contribution in [0.3, 0.4) is 0 Å². The highest BCUT2D eigenvalue weighted by Gasteiger charge is 2.07. The normalized spacial score (nSPS) is 10.5. The van der Waals surface area contributed by atoms with Crippen LogP contribution in [0.15, 0.2) is 35.8 Å². The number of nitrogens with one attached hydrogen (secondary N) is 1. The quantitative estimate of drug-likeness (QED) is 0.759. The Morgan fingerprint density at radius 1 is 1.47 bits per heavy atom. The summed E-state index contributed by atoms with van der Waals surface area (Å²) in [5.41, 5.74) is 1.08. The molecule has 1 aromatic heterocycles. The molecule has 1 N–H and O–H groups in total. The van der Waals surface area contributed by atoms with Gasteiger partial charge in [-0.3, -0.25) is 4.79 Å². The highest BCUT2D eigenvalue weighted by Crippen LogP contribution is 2.20. The van der Waals surface area contributed by atoms with Gasteiger partial charge in [0.25, 0.3) is 5.56 Å². The van der Waals surface area contributed by atoms with Crippen molar-refractivity contribution < 1.29 is 4.39 Å². The van der Waals surface area contributed by atoms with Crippen LogP contribution in [-0.4, -0.2) is 4.98 Å². The molecule has 3 heteroatoms. The molecule has 1 aromatic carbocycles. The number of benzene rings is 1. The Kier molecular flexibility index (Phi) is 2.15. The fraction of sp³-hybridized carbons (Fsp3) is 0.0833. The van der Waals surface area contributed by atoms with Gasteiger partial charge in [-0.1, -0.05) is 12.2 Å². The van der Waals surface area contributed by atoms with Crippen LogP contribution in [0.5, 0.6) is 0 Å². The smallest absolute Gasteiger partial charge is 0.258 e. The van der Waals surface area contributed by atoms with Crippen molar-refractivity contribution >= 4 is 16.3 Å². The second-order valence-electron chi connectivity index (χ2n) is 3.51. The summed E-state index contributed by atoms with van der Waals surface area (Å²) in [7, 11) is 0. The SMILES string of the molecule is C=C(C)c1cc(F)c2c(=O)[nH]ccc2c1. The maximum absolute atomic E-state index is 13.6. The van der Waals surface area contributed by atoms with Gasteiger partial charge in [0, 0.05) is 6.20 Å². The van der Waals surface area contributed by atoms with Crippen LogP contribution < -0.4 is 5.56 Å². The summed E-state index contributed by atoms with van der Waals surface area (Å²) in [6.45, 7) is 5.54. The van der Waals surface area contributed by atoms with Crippen molar-refractivity contribution in [1.29, 1.82) is 0 Å². The molecule has 0 bridgehead atoms. The first kappa shape index (κ1) is 9.65. The average Bonchev–Trinajstić information content (AvgIpc) is 2.17. The van der Waals surface area contributed by atoms with Crippen molar-refractivity contribution in [2.45, 2.75) is 6.92 Å². The highest BCUT2D eigenvalue weighted by molar-refractivity contribution is 5.85. The van der Waals surface area contributed by atoms with E-state index in [9.17, 15) is 9.18 Å². The first-order chi connectivity index (χ1) is 7.09. The monoisotopic (exact) mass is 203 g/mol. The van der Waals surface area contributed by atoms with Crippen molar-refractivity contribution in [3.8, 4) is 0 Å². The molecule has 1 heterocycles. The topological polar surface area (TPSA) is 32.9 Å². The van der Waals surface area contributed by atoms with Gasteiger partial charge in [0.1, 0.15) is 5.82 Å². The molecule has 76 valence electrons. The van der Waals surface area contributed by atoms with E-state index < -0.39 is 11.4 Å². The lowest BCUT2D eigenvalue weighted by Gasteiger charge is -2.03. The first-order valence-corrected chi connectivity index (χ1v) is 4.56. The number of allylic oxidation sites excluding steroid dienone is 1. The van der Waals surface area contributed by atoms with Crippen molar-refractivity contribution in [3.05, 3.63) is 52.7 Å². The van der Waals surface area contributed by atoms with E-state index in [1.807, 2.05) is 0 Å². The third kappa shape index (κ3) is 1.56. The zero-order valence-corrected chi connectivity index (χ0v) is 8.30. The standard InChI is InChI=1S/C12H10FNO/c1-7(2)9-5-8-3-4-14-12(15)11(8)10(13)6-9/h3-6H,1H2,2H3,(H,14,15). The van der Waals surface area contributed by atoms with Gasteiger partial charge in [0.15, 0.2) is 0 Å². The van der Waals surface area contributed by atoms with Gasteiger partial charge >= 0.3 is 0 Å². The molecule has 0 aliphatic carbocycles. The minimum atomic E-state index is -0.507. The Balaban J connectivity index is 2.90. The van der Waals surface area contributed by atoms with Crippen LogP contribution in [0.2, 0.25) is 0 Å². The predicted octanol–water partition coefficient (Wildman–Crippen LogP) is 2.70. The molecular formula is C12H10FNO. The third-order valence-electron chi connectivity index (χ3n) is 2.32. The van der Waals surface area contributed by atoms with E-state index in [4.69, 9.17) is 0 Å². The number of halogens is 1. The summed E-state index contributed by atoms with van der Waals surface area (Å²) in [5.74, 6) is -0.507. The Labute approximate surface area is 86.1 Å². The third-order valence-corrected chi connectivity index (χ3v) is 2.32. The fourth-order valence-corrected chi connectivity index (χ4v) is 1.52. The van der Waals surface area contributed by atoms with Crippen molar-refractivity contribution in [1.82, 2.24) is 4.98 Å².